The fourth-order valence-electron chi connectivity index (χ4n) is 8.49. The molecule has 3 aliphatic carbocycles. The van der Waals surface area contributed by atoms with Gasteiger partial charge >= 0.3 is 7.12 Å². The van der Waals surface area contributed by atoms with Crippen molar-refractivity contribution >= 4 is 47.1 Å². The molecule has 2 heterocycles. The molecule has 1 aliphatic heterocycles. The number of benzene rings is 3. The SMILES string of the molecule is CC(C)C[C@H](NC(=O)[C@H](Cc1c[nH]c2ccccc12)NC(=O)c1ccc(C(=O)Nc2ccccc2N)cc1)B1O[C@@H]2[C@@H]3C[C@H](C[C@]2(C)O1)C3(C)C. The number of fused-ring (bicyclic) bond motifs is 1. The second kappa shape index (κ2) is 13.5. The van der Waals surface area contributed by atoms with Crippen molar-refractivity contribution in [3.63, 3.8) is 0 Å². The van der Waals surface area contributed by atoms with E-state index < -0.39 is 25.0 Å². The first kappa shape index (κ1) is 34.8. The van der Waals surface area contributed by atoms with Crippen LogP contribution in [0.3, 0.4) is 0 Å². The summed E-state index contributed by atoms with van der Waals surface area (Å²) in [6, 6.07) is 20.3. The molecule has 266 valence electrons. The number of amides is 3. The molecule has 4 aliphatic rings. The number of aromatic nitrogens is 1. The van der Waals surface area contributed by atoms with Crippen molar-refractivity contribution in [1.82, 2.24) is 15.6 Å². The summed E-state index contributed by atoms with van der Waals surface area (Å²) in [7, 11) is -0.587. The van der Waals surface area contributed by atoms with Gasteiger partial charge in [-0.1, -0.05) is 58.0 Å². The first-order valence-electron chi connectivity index (χ1n) is 18.1. The number of para-hydroxylation sites is 3. The number of nitrogens with two attached hydrogens (primary N) is 1. The van der Waals surface area contributed by atoms with Gasteiger partial charge < -0.3 is 36.0 Å². The van der Waals surface area contributed by atoms with Gasteiger partial charge in [-0.25, -0.2) is 0 Å². The first-order chi connectivity index (χ1) is 24.3. The molecule has 4 aromatic rings. The Morgan fingerprint density at radius 3 is 2.33 bits per heavy atom. The Balaban J connectivity index is 1.10. The van der Waals surface area contributed by atoms with Crippen molar-refractivity contribution in [3.05, 3.63) is 95.7 Å². The molecule has 3 amide bonds. The minimum atomic E-state index is -0.901. The number of nitrogens with one attached hydrogen (secondary N) is 4. The number of aromatic amines is 1. The van der Waals surface area contributed by atoms with Crippen LogP contribution in [-0.2, 0) is 20.5 Å². The second-order valence-electron chi connectivity index (χ2n) is 15.9. The van der Waals surface area contributed by atoms with Gasteiger partial charge in [0.25, 0.3) is 11.8 Å². The quantitative estimate of drug-likeness (QED) is 0.0944. The number of hydrogen-bond donors (Lipinski definition) is 5. The van der Waals surface area contributed by atoms with Crippen LogP contribution in [0.2, 0.25) is 0 Å². The lowest BCUT2D eigenvalue weighted by Crippen LogP contribution is -2.63. The Hall–Kier alpha value is -4.61. The number of nitrogen functional groups attached to an aromatic ring is 1. The summed E-state index contributed by atoms with van der Waals surface area (Å²) in [6.07, 6.45) is 4.88. The van der Waals surface area contributed by atoms with Crippen molar-refractivity contribution < 1.29 is 23.7 Å². The Bertz CT molecular complexity index is 1940. The molecular weight excluding hydrogens is 641 g/mol. The van der Waals surface area contributed by atoms with E-state index in [-0.39, 0.29) is 41.3 Å². The van der Waals surface area contributed by atoms with Crippen molar-refractivity contribution in [1.29, 1.82) is 0 Å². The minimum Gasteiger partial charge on any atom is -0.404 e. The molecule has 51 heavy (non-hydrogen) atoms. The summed E-state index contributed by atoms with van der Waals surface area (Å²) in [6.45, 7) is 11.1. The predicted octanol–water partition coefficient (Wildman–Crippen LogP) is 6.14. The third kappa shape index (κ3) is 6.77. The van der Waals surface area contributed by atoms with E-state index in [1.165, 1.54) is 0 Å². The highest BCUT2D eigenvalue weighted by atomic mass is 16.7. The number of H-pyrrole nitrogens is 1. The highest BCUT2D eigenvalue weighted by Crippen LogP contribution is 2.64. The van der Waals surface area contributed by atoms with E-state index in [9.17, 15) is 14.4 Å². The van der Waals surface area contributed by atoms with Crippen LogP contribution in [0.4, 0.5) is 11.4 Å². The topological polar surface area (TPSA) is 148 Å². The molecule has 3 saturated carbocycles. The van der Waals surface area contributed by atoms with Crippen LogP contribution >= 0.6 is 0 Å². The zero-order chi connectivity index (χ0) is 36.1. The minimum absolute atomic E-state index is 0.0223. The van der Waals surface area contributed by atoms with Crippen LogP contribution in [0.25, 0.3) is 10.9 Å². The van der Waals surface area contributed by atoms with Crippen LogP contribution in [0.15, 0.2) is 79.0 Å². The third-order valence-corrected chi connectivity index (χ3v) is 11.6. The van der Waals surface area contributed by atoms with Crippen molar-refractivity contribution in [2.75, 3.05) is 11.1 Å². The monoisotopic (exact) mass is 689 g/mol. The van der Waals surface area contributed by atoms with Gasteiger partial charge in [-0.05, 0) is 97.4 Å². The van der Waals surface area contributed by atoms with Crippen LogP contribution in [0, 0.1) is 23.2 Å². The summed E-state index contributed by atoms with van der Waals surface area (Å²) >= 11 is 0. The van der Waals surface area contributed by atoms with E-state index >= 15 is 0 Å². The number of hydrogen-bond acceptors (Lipinski definition) is 6. The molecule has 3 aromatic carbocycles. The normalized spacial score (nSPS) is 24.4. The lowest BCUT2D eigenvalue weighted by molar-refractivity contribution is -0.185. The molecule has 1 saturated heterocycles. The first-order valence-corrected chi connectivity index (χ1v) is 18.1. The number of rotatable bonds is 11. The maximum absolute atomic E-state index is 14.3. The van der Waals surface area contributed by atoms with E-state index in [4.69, 9.17) is 15.0 Å². The third-order valence-electron chi connectivity index (χ3n) is 11.6. The summed E-state index contributed by atoms with van der Waals surface area (Å²) in [5, 5.41) is 10.0. The molecule has 1 aromatic heterocycles. The van der Waals surface area contributed by atoms with E-state index in [0.29, 0.717) is 40.8 Å². The smallest absolute Gasteiger partial charge is 0.404 e. The van der Waals surface area contributed by atoms with Crippen LogP contribution in [0.5, 0.6) is 0 Å². The molecule has 0 unspecified atom stereocenters. The lowest BCUT2D eigenvalue weighted by Gasteiger charge is -2.63. The van der Waals surface area contributed by atoms with E-state index in [1.54, 1.807) is 48.5 Å². The van der Waals surface area contributed by atoms with Crippen LogP contribution < -0.4 is 21.7 Å². The van der Waals surface area contributed by atoms with Gasteiger partial charge in [0.05, 0.1) is 29.0 Å². The summed E-state index contributed by atoms with van der Waals surface area (Å²) in [4.78, 5) is 44.2. The molecule has 6 atom stereocenters. The molecule has 4 fully saturated rings. The van der Waals surface area contributed by atoms with Crippen molar-refractivity contribution in [2.24, 2.45) is 23.2 Å². The van der Waals surface area contributed by atoms with Gasteiger partial charge in [-0.3, -0.25) is 14.4 Å². The van der Waals surface area contributed by atoms with Crippen LogP contribution in [-0.4, -0.2) is 53.5 Å². The van der Waals surface area contributed by atoms with Crippen molar-refractivity contribution in [2.45, 2.75) is 84.0 Å². The molecular formula is C40H48BN5O5. The van der Waals surface area contributed by atoms with E-state index in [1.807, 2.05) is 30.5 Å². The van der Waals surface area contributed by atoms with Crippen molar-refractivity contribution in [3.8, 4) is 0 Å². The average Bonchev–Trinajstić information content (AvgIpc) is 3.69. The Morgan fingerprint density at radius 1 is 0.941 bits per heavy atom. The molecule has 2 bridgehead atoms. The fourth-order valence-corrected chi connectivity index (χ4v) is 8.49. The van der Waals surface area contributed by atoms with Gasteiger partial charge in [0, 0.05) is 34.6 Å². The number of carbonyl (C=O) groups is 3. The zero-order valence-corrected chi connectivity index (χ0v) is 30.0. The largest absolute Gasteiger partial charge is 0.481 e. The summed E-state index contributed by atoms with van der Waals surface area (Å²) < 4.78 is 13.4. The predicted molar refractivity (Wildman–Crippen MR) is 200 cm³/mol. The van der Waals surface area contributed by atoms with Crippen LogP contribution in [0.1, 0.15) is 80.2 Å². The molecule has 0 spiro atoms. The van der Waals surface area contributed by atoms with Gasteiger partial charge in [-0.2, -0.15) is 0 Å². The van der Waals surface area contributed by atoms with E-state index in [0.717, 1.165) is 29.3 Å². The van der Waals surface area contributed by atoms with Gasteiger partial charge in [0.2, 0.25) is 5.91 Å². The molecule has 0 radical (unpaired) electrons. The highest BCUT2D eigenvalue weighted by Gasteiger charge is 2.67. The zero-order valence-electron chi connectivity index (χ0n) is 30.0. The van der Waals surface area contributed by atoms with Gasteiger partial charge in [-0.15, -0.1) is 0 Å². The number of anilines is 2. The maximum atomic E-state index is 14.3. The maximum Gasteiger partial charge on any atom is 0.481 e. The standard InChI is InChI=1S/C40H48BN5O5/c1-23(2)18-34(41-50-35-29-20-27(39(29,3)4)21-40(35,5)51-41)46-38(49)33(19-26-22-43-31-12-8-6-10-28(26)31)45-37(48)25-16-14-24(15-17-25)36(47)44-32-13-9-7-11-30(32)42/h6-17,22-23,27,29,33-35,43H,18-21,42H2,1-5H3,(H,44,47)(H,45,48)(H,46,49)/t27-,29+,33+,34+,35-,40+/m1/s1. The Kier molecular flexibility index (Phi) is 9.22. The average molecular weight is 690 g/mol. The molecule has 10 nitrogen and oxygen atoms in total. The van der Waals surface area contributed by atoms with Gasteiger partial charge in [0.15, 0.2) is 0 Å². The Morgan fingerprint density at radius 2 is 1.63 bits per heavy atom. The Labute approximate surface area is 299 Å². The molecule has 8 rings (SSSR count). The second-order valence-corrected chi connectivity index (χ2v) is 15.9. The van der Waals surface area contributed by atoms with Gasteiger partial charge in [0.1, 0.15) is 6.04 Å². The fraction of sp³-hybridized carbons (Fsp3) is 0.425. The number of carbonyl (C=O) groups excluding carboxylic acids is 3. The highest BCUT2D eigenvalue weighted by molar-refractivity contribution is 6.48. The summed E-state index contributed by atoms with van der Waals surface area (Å²) in [5.41, 5.74) is 9.32. The molecule has 6 N–H and O–H groups in total. The summed E-state index contributed by atoms with van der Waals surface area (Å²) in [5.74, 6) is -0.206. The molecule has 11 heteroatoms. The lowest BCUT2D eigenvalue weighted by atomic mass is 9.45. The van der Waals surface area contributed by atoms with E-state index in [2.05, 4.69) is 55.6 Å².